The lowest BCUT2D eigenvalue weighted by Gasteiger charge is -2.43. The van der Waals surface area contributed by atoms with Gasteiger partial charge in [-0.3, -0.25) is 4.99 Å². The zero-order chi connectivity index (χ0) is 15.3. The van der Waals surface area contributed by atoms with Crippen LogP contribution in [0.25, 0.3) is 0 Å². The van der Waals surface area contributed by atoms with Crippen molar-refractivity contribution in [1.82, 2.24) is 10.6 Å². The van der Waals surface area contributed by atoms with E-state index in [2.05, 4.69) is 29.5 Å². The lowest BCUT2D eigenvalue weighted by atomic mass is 9.64. The smallest absolute Gasteiger partial charge is 0.191 e. The van der Waals surface area contributed by atoms with Gasteiger partial charge in [0.25, 0.3) is 0 Å². The molecular formula is C17H26FN3. The molecular weight excluding hydrogens is 265 g/mol. The molecule has 1 atom stereocenters. The molecule has 1 saturated carbocycles. The fourth-order valence-corrected chi connectivity index (χ4v) is 2.76. The van der Waals surface area contributed by atoms with Gasteiger partial charge in [-0.15, -0.1) is 0 Å². The Morgan fingerprint density at radius 2 is 2.00 bits per heavy atom. The van der Waals surface area contributed by atoms with Crippen molar-refractivity contribution in [3.05, 3.63) is 35.6 Å². The Morgan fingerprint density at radius 3 is 2.48 bits per heavy atom. The Hall–Kier alpha value is -1.58. The van der Waals surface area contributed by atoms with E-state index in [1.807, 2.05) is 12.1 Å². The molecule has 0 aromatic heterocycles. The van der Waals surface area contributed by atoms with Crippen LogP contribution >= 0.6 is 0 Å². The van der Waals surface area contributed by atoms with Gasteiger partial charge in [-0.25, -0.2) is 4.39 Å². The number of nitrogens with one attached hydrogen (secondary N) is 2. The Morgan fingerprint density at radius 1 is 1.33 bits per heavy atom. The SMILES string of the molecule is CCC(C)NC(=NC)NCC1(c2ccc(F)cc2)CCC1. The van der Waals surface area contributed by atoms with Gasteiger partial charge in [0.1, 0.15) is 5.82 Å². The second kappa shape index (κ2) is 6.92. The van der Waals surface area contributed by atoms with E-state index in [9.17, 15) is 4.39 Å². The molecule has 0 spiro atoms. The van der Waals surface area contributed by atoms with Crippen molar-refractivity contribution >= 4 is 5.96 Å². The summed E-state index contributed by atoms with van der Waals surface area (Å²) in [6, 6.07) is 7.35. The summed E-state index contributed by atoms with van der Waals surface area (Å²) in [5, 5.41) is 6.81. The van der Waals surface area contributed by atoms with Crippen LogP contribution in [-0.4, -0.2) is 25.6 Å². The minimum absolute atomic E-state index is 0.126. The molecule has 0 aliphatic heterocycles. The summed E-state index contributed by atoms with van der Waals surface area (Å²) in [7, 11) is 1.79. The van der Waals surface area contributed by atoms with Gasteiger partial charge in [-0.1, -0.05) is 25.5 Å². The fourth-order valence-electron chi connectivity index (χ4n) is 2.76. The maximum Gasteiger partial charge on any atom is 0.191 e. The van der Waals surface area contributed by atoms with E-state index in [0.717, 1.165) is 31.8 Å². The van der Waals surface area contributed by atoms with Crippen LogP contribution in [-0.2, 0) is 5.41 Å². The Kier molecular flexibility index (Phi) is 5.21. The molecule has 21 heavy (non-hydrogen) atoms. The van der Waals surface area contributed by atoms with Gasteiger partial charge in [0, 0.05) is 25.0 Å². The molecule has 1 fully saturated rings. The summed E-state index contributed by atoms with van der Waals surface area (Å²) < 4.78 is 13.1. The summed E-state index contributed by atoms with van der Waals surface area (Å²) in [4.78, 5) is 4.28. The van der Waals surface area contributed by atoms with Crippen molar-refractivity contribution in [3.8, 4) is 0 Å². The molecule has 116 valence electrons. The number of halogens is 1. The predicted molar refractivity (Wildman–Crippen MR) is 86.2 cm³/mol. The quantitative estimate of drug-likeness (QED) is 0.645. The molecule has 1 aliphatic carbocycles. The Labute approximate surface area is 127 Å². The molecule has 3 nitrogen and oxygen atoms in total. The summed E-state index contributed by atoms with van der Waals surface area (Å²) in [5.41, 5.74) is 1.35. The Bertz CT molecular complexity index is 477. The normalized spacial score (nSPS) is 18.8. The standard InChI is InChI=1S/C17H26FN3/c1-4-13(2)21-16(19-3)20-12-17(10-5-11-17)14-6-8-15(18)9-7-14/h6-9,13H,4-5,10-12H2,1-3H3,(H2,19,20,21). The second-order valence-corrected chi connectivity index (χ2v) is 6.02. The molecule has 1 aromatic rings. The molecule has 0 bridgehead atoms. The molecule has 4 heteroatoms. The minimum atomic E-state index is -0.171. The van der Waals surface area contributed by atoms with Crippen molar-refractivity contribution < 1.29 is 4.39 Å². The van der Waals surface area contributed by atoms with Crippen LogP contribution in [0.1, 0.15) is 45.1 Å². The summed E-state index contributed by atoms with van der Waals surface area (Å²) >= 11 is 0. The first-order chi connectivity index (χ1) is 10.1. The van der Waals surface area contributed by atoms with Crippen molar-refractivity contribution in [1.29, 1.82) is 0 Å². The maximum atomic E-state index is 13.1. The van der Waals surface area contributed by atoms with Gasteiger partial charge >= 0.3 is 0 Å². The molecule has 2 rings (SSSR count). The van der Waals surface area contributed by atoms with E-state index in [1.165, 1.54) is 12.0 Å². The highest BCUT2D eigenvalue weighted by Gasteiger charge is 2.38. The summed E-state index contributed by atoms with van der Waals surface area (Å²) in [6.07, 6.45) is 4.58. The molecule has 2 N–H and O–H groups in total. The number of hydrogen-bond acceptors (Lipinski definition) is 1. The molecule has 0 amide bonds. The molecule has 1 unspecified atom stereocenters. The third-order valence-corrected chi connectivity index (χ3v) is 4.58. The number of nitrogens with zero attached hydrogens (tertiary/aromatic N) is 1. The van der Waals surface area contributed by atoms with Crippen molar-refractivity contribution in [2.24, 2.45) is 4.99 Å². The topological polar surface area (TPSA) is 36.4 Å². The van der Waals surface area contributed by atoms with E-state index in [4.69, 9.17) is 0 Å². The lowest BCUT2D eigenvalue weighted by molar-refractivity contribution is 0.243. The first kappa shape index (κ1) is 15.8. The number of guanidine groups is 1. The van der Waals surface area contributed by atoms with Gasteiger partial charge in [0.05, 0.1) is 0 Å². The monoisotopic (exact) mass is 291 g/mol. The van der Waals surface area contributed by atoms with Crippen LogP contribution in [0.15, 0.2) is 29.3 Å². The predicted octanol–water partition coefficient (Wildman–Crippen LogP) is 3.21. The highest BCUT2D eigenvalue weighted by atomic mass is 19.1. The molecule has 0 radical (unpaired) electrons. The molecule has 1 aromatic carbocycles. The van der Waals surface area contributed by atoms with E-state index in [-0.39, 0.29) is 11.2 Å². The van der Waals surface area contributed by atoms with Gasteiger partial charge < -0.3 is 10.6 Å². The minimum Gasteiger partial charge on any atom is -0.356 e. The van der Waals surface area contributed by atoms with Crippen molar-refractivity contribution in [2.45, 2.75) is 51.0 Å². The largest absolute Gasteiger partial charge is 0.356 e. The number of hydrogen-bond donors (Lipinski definition) is 2. The van der Waals surface area contributed by atoms with Crippen molar-refractivity contribution in [2.75, 3.05) is 13.6 Å². The fraction of sp³-hybridized carbons (Fsp3) is 0.588. The number of aliphatic imine (C=N–C) groups is 1. The number of benzene rings is 1. The van der Waals surface area contributed by atoms with Gasteiger partial charge in [0.2, 0.25) is 0 Å². The van der Waals surface area contributed by atoms with Crippen LogP contribution in [0.5, 0.6) is 0 Å². The van der Waals surface area contributed by atoms with Gasteiger partial charge in [0.15, 0.2) is 5.96 Å². The van der Waals surface area contributed by atoms with Crippen LogP contribution in [0.3, 0.4) is 0 Å². The van der Waals surface area contributed by atoms with Crippen LogP contribution in [0.2, 0.25) is 0 Å². The average molecular weight is 291 g/mol. The maximum absolute atomic E-state index is 13.1. The van der Waals surface area contributed by atoms with E-state index < -0.39 is 0 Å². The van der Waals surface area contributed by atoms with Crippen LogP contribution in [0.4, 0.5) is 4.39 Å². The number of rotatable bonds is 5. The lowest BCUT2D eigenvalue weighted by Crippen LogP contribution is -2.50. The third-order valence-electron chi connectivity index (χ3n) is 4.58. The van der Waals surface area contributed by atoms with Gasteiger partial charge in [-0.2, -0.15) is 0 Å². The van der Waals surface area contributed by atoms with Gasteiger partial charge in [-0.05, 0) is 43.9 Å². The first-order valence-corrected chi connectivity index (χ1v) is 7.83. The first-order valence-electron chi connectivity index (χ1n) is 7.83. The van der Waals surface area contributed by atoms with E-state index in [0.29, 0.717) is 6.04 Å². The highest BCUT2D eigenvalue weighted by molar-refractivity contribution is 5.80. The molecule has 1 aliphatic rings. The summed E-state index contributed by atoms with van der Waals surface area (Å²) in [6.45, 7) is 5.14. The zero-order valence-electron chi connectivity index (χ0n) is 13.2. The average Bonchev–Trinajstić information content (AvgIpc) is 2.46. The van der Waals surface area contributed by atoms with Crippen molar-refractivity contribution in [3.63, 3.8) is 0 Å². The Balaban J connectivity index is 2.00. The van der Waals surface area contributed by atoms with E-state index in [1.54, 1.807) is 19.2 Å². The molecule has 0 saturated heterocycles. The third kappa shape index (κ3) is 3.74. The summed E-state index contributed by atoms with van der Waals surface area (Å²) in [5.74, 6) is 0.674. The zero-order valence-corrected chi connectivity index (χ0v) is 13.2. The van der Waals surface area contributed by atoms with Crippen LogP contribution in [0, 0.1) is 5.82 Å². The van der Waals surface area contributed by atoms with Crippen LogP contribution < -0.4 is 10.6 Å². The van der Waals surface area contributed by atoms with E-state index >= 15 is 0 Å². The molecule has 0 heterocycles. The highest BCUT2D eigenvalue weighted by Crippen LogP contribution is 2.43. The second-order valence-electron chi connectivity index (χ2n) is 6.02.